The molecule has 190 valence electrons. The number of pyridine rings is 1. The molecule has 5 aromatic carbocycles. The van der Waals surface area contributed by atoms with E-state index in [1.807, 2.05) is 12.4 Å². The van der Waals surface area contributed by atoms with E-state index in [0.29, 0.717) is 0 Å². The second-order valence-corrected chi connectivity index (χ2v) is 10.8. The number of nitrogens with zero attached hydrogens (tertiary/aromatic N) is 3. The normalized spacial score (nSPS) is 13.5. The Balaban J connectivity index is 1.19. The van der Waals surface area contributed by atoms with Crippen LogP contribution in [0.25, 0.3) is 60.6 Å². The number of anilines is 2. The Labute approximate surface area is 235 Å². The zero-order valence-corrected chi connectivity index (χ0v) is 21.8. The van der Waals surface area contributed by atoms with Crippen molar-refractivity contribution in [2.75, 3.05) is 4.81 Å². The summed E-state index contributed by atoms with van der Waals surface area (Å²) in [7, 11) is -0.269. The molecule has 0 N–H and O–H groups in total. The Bertz CT molecular complexity index is 2330. The van der Waals surface area contributed by atoms with Gasteiger partial charge in [-0.05, 0) is 54.1 Å². The van der Waals surface area contributed by atoms with E-state index in [1.165, 1.54) is 27.4 Å². The highest BCUT2D eigenvalue weighted by Crippen LogP contribution is 2.49. The number of furan rings is 1. The van der Waals surface area contributed by atoms with Crippen molar-refractivity contribution in [2.24, 2.45) is 0 Å². The molecule has 3 aromatic heterocycles. The van der Waals surface area contributed by atoms with Crippen molar-refractivity contribution in [1.29, 1.82) is 0 Å². The molecule has 2 aliphatic heterocycles. The first-order valence-electron chi connectivity index (χ1n) is 13.8. The van der Waals surface area contributed by atoms with E-state index in [9.17, 15) is 0 Å². The van der Waals surface area contributed by atoms with Crippen LogP contribution in [0.15, 0.2) is 126 Å². The fourth-order valence-electron chi connectivity index (χ4n) is 6.92. The van der Waals surface area contributed by atoms with Gasteiger partial charge >= 0.3 is 7.05 Å². The molecule has 0 radical (unpaired) electrons. The quantitative estimate of drug-likeness (QED) is 0.204. The molecule has 0 fully saturated rings. The first-order valence-corrected chi connectivity index (χ1v) is 13.8. The Hall–Kier alpha value is -5.49. The highest BCUT2D eigenvalue weighted by atomic mass is 16.5. The van der Waals surface area contributed by atoms with Crippen LogP contribution in [0.4, 0.5) is 11.4 Å². The summed E-state index contributed by atoms with van der Waals surface area (Å²) in [6, 6.07) is 38.5. The van der Waals surface area contributed by atoms with Crippen LogP contribution in [-0.4, -0.2) is 16.6 Å². The van der Waals surface area contributed by atoms with Crippen molar-refractivity contribution in [3.63, 3.8) is 0 Å². The minimum atomic E-state index is -0.269. The number of benzene rings is 5. The third-order valence-electron chi connectivity index (χ3n) is 8.68. The van der Waals surface area contributed by atoms with Crippen LogP contribution in [0.1, 0.15) is 0 Å². The molecule has 10 rings (SSSR count). The van der Waals surface area contributed by atoms with E-state index in [2.05, 4.69) is 124 Å². The zero-order chi connectivity index (χ0) is 26.7. The average Bonchev–Trinajstić information content (AvgIpc) is 3.69. The van der Waals surface area contributed by atoms with Gasteiger partial charge in [-0.2, -0.15) is 0 Å². The van der Waals surface area contributed by atoms with Gasteiger partial charge in [0.05, 0.1) is 16.7 Å². The van der Waals surface area contributed by atoms with Crippen LogP contribution in [0.5, 0.6) is 5.75 Å². The molecule has 0 amide bonds. The van der Waals surface area contributed by atoms with Crippen molar-refractivity contribution >= 4 is 67.6 Å². The Morgan fingerprint density at radius 1 is 0.610 bits per heavy atom. The van der Waals surface area contributed by atoms with Crippen molar-refractivity contribution in [2.45, 2.75) is 0 Å². The molecule has 0 saturated carbocycles. The van der Waals surface area contributed by atoms with Crippen molar-refractivity contribution in [3.8, 4) is 22.6 Å². The van der Waals surface area contributed by atoms with E-state index in [1.54, 1.807) is 0 Å². The van der Waals surface area contributed by atoms with Gasteiger partial charge in [0, 0.05) is 62.4 Å². The topological polar surface area (TPSA) is 43.4 Å². The highest BCUT2D eigenvalue weighted by molar-refractivity contribution is 6.77. The zero-order valence-electron chi connectivity index (χ0n) is 21.8. The van der Waals surface area contributed by atoms with Crippen molar-refractivity contribution in [3.05, 3.63) is 122 Å². The number of para-hydroxylation sites is 3. The van der Waals surface area contributed by atoms with Gasteiger partial charge in [-0.1, -0.05) is 54.6 Å². The smallest absolute Gasteiger partial charge is 0.526 e. The number of fused-ring (bicyclic) bond motifs is 14. The molecule has 0 atom stereocenters. The van der Waals surface area contributed by atoms with E-state index in [4.69, 9.17) is 9.07 Å². The Kier molecular flexibility index (Phi) is 3.95. The molecule has 2 aliphatic rings. The standard InChI is InChI=1S/C35H20BN3O2/c1-4-10-29-24(8-1)25-9-2-5-11-30(25)38(29)21-13-14-33-26(17-21)27-18-35-32(19-34(27)40-33)39-31-12-6-3-7-23(31)22-15-16-37-20-28(22)36(39)41-35/h1-20H. The first kappa shape index (κ1) is 21.4. The largest absolute Gasteiger partial charge is 0.536 e. The van der Waals surface area contributed by atoms with Gasteiger partial charge in [-0.25, -0.2) is 0 Å². The van der Waals surface area contributed by atoms with E-state index in [-0.39, 0.29) is 7.05 Å². The van der Waals surface area contributed by atoms with Gasteiger partial charge in [-0.3, -0.25) is 4.98 Å². The molecule has 41 heavy (non-hydrogen) atoms. The number of hydrogen-bond acceptors (Lipinski definition) is 4. The van der Waals surface area contributed by atoms with Gasteiger partial charge in [0.25, 0.3) is 0 Å². The third kappa shape index (κ3) is 2.73. The molecule has 8 aromatic rings. The second-order valence-electron chi connectivity index (χ2n) is 10.8. The molecule has 0 bridgehead atoms. The average molecular weight is 525 g/mol. The molecular weight excluding hydrogens is 505 g/mol. The monoisotopic (exact) mass is 525 g/mol. The summed E-state index contributed by atoms with van der Waals surface area (Å²) in [5.41, 5.74) is 10.7. The SMILES string of the molecule is c1ccc2c(c1)-c1ccncc1B1Oc3cc4c(cc3N12)oc1ccc(-n2c3ccccc3c3ccccc32)cc14. The lowest BCUT2D eigenvalue weighted by Crippen LogP contribution is -2.50. The Morgan fingerprint density at radius 2 is 1.37 bits per heavy atom. The lowest BCUT2D eigenvalue weighted by Gasteiger charge is -2.30. The van der Waals surface area contributed by atoms with Crippen LogP contribution in [0.3, 0.4) is 0 Å². The summed E-state index contributed by atoms with van der Waals surface area (Å²) in [5, 5.41) is 4.61. The van der Waals surface area contributed by atoms with Gasteiger partial charge < -0.3 is 18.4 Å². The molecular formula is C35H20BN3O2. The lowest BCUT2D eigenvalue weighted by molar-refractivity contribution is 0.603. The third-order valence-corrected chi connectivity index (χ3v) is 8.68. The predicted octanol–water partition coefficient (Wildman–Crippen LogP) is 7.98. The van der Waals surface area contributed by atoms with Crippen LogP contribution in [-0.2, 0) is 0 Å². The van der Waals surface area contributed by atoms with E-state index >= 15 is 0 Å². The molecule has 0 saturated heterocycles. The van der Waals surface area contributed by atoms with Crippen LogP contribution >= 0.6 is 0 Å². The lowest BCUT2D eigenvalue weighted by atomic mass is 9.65. The summed E-state index contributed by atoms with van der Waals surface area (Å²) < 4.78 is 15.5. The fourth-order valence-corrected chi connectivity index (χ4v) is 6.92. The fraction of sp³-hybridized carbons (Fsp3) is 0. The number of rotatable bonds is 1. The summed E-state index contributed by atoms with van der Waals surface area (Å²) >= 11 is 0. The van der Waals surface area contributed by atoms with E-state index < -0.39 is 0 Å². The van der Waals surface area contributed by atoms with Crippen LogP contribution in [0, 0.1) is 0 Å². The van der Waals surface area contributed by atoms with Gasteiger partial charge in [-0.15, -0.1) is 0 Å². The van der Waals surface area contributed by atoms with E-state index in [0.717, 1.165) is 55.8 Å². The Morgan fingerprint density at radius 3 is 2.22 bits per heavy atom. The van der Waals surface area contributed by atoms with Crippen LogP contribution in [0.2, 0.25) is 0 Å². The summed E-state index contributed by atoms with van der Waals surface area (Å²) in [5.74, 6) is 0.846. The maximum atomic E-state index is 6.68. The summed E-state index contributed by atoms with van der Waals surface area (Å²) in [6.07, 6.45) is 3.77. The van der Waals surface area contributed by atoms with Gasteiger partial charge in [0.2, 0.25) is 0 Å². The highest BCUT2D eigenvalue weighted by Gasteiger charge is 2.45. The molecule has 6 heteroatoms. The summed E-state index contributed by atoms with van der Waals surface area (Å²) in [4.78, 5) is 6.70. The molecule has 0 aliphatic carbocycles. The minimum Gasteiger partial charge on any atom is -0.536 e. The molecule has 0 spiro atoms. The van der Waals surface area contributed by atoms with Gasteiger partial charge in [0.15, 0.2) is 0 Å². The predicted molar refractivity (Wildman–Crippen MR) is 166 cm³/mol. The van der Waals surface area contributed by atoms with Crippen LogP contribution < -0.4 is 14.9 Å². The maximum Gasteiger partial charge on any atom is 0.526 e. The number of aromatic nitrogens is 2. The minimum absolute atomic E-state index is 0.269. The molecule has 5 heterocycles. The molecule has 5 nitrogen and oxygen atoms in total. The first-order chi connectivity index (χ1) is 20.3. The second kappa shape index (κ2) is 7.58. The van der Waals surface area contributed by atoms with Crippen molar-refractivity contribution < 1.29 is 9.07 Å². The summed E-state index contributed by atoms with van der Waals surface area (Å²) in [6.45, 7) is 0. The molecule has 0 unspecified atom stereocenters. The maximum absolute atomic E-state index is 6.68. The van der Waals surface area contributed by atoms with Crippen molar-refractivity contribution in [1.82, 2.24) is 9.55 Å². The van der Waals surface area contributed by atoms with Gasteiger partial charge in [0.1, 0.15) is 16.9 Å². The number of hydrogen-bond donors (Lipinski definition) is 0.